The number of benzene rings is 2. The minimum absolute atomic E-state index is 0.133. The van der Waals surface area contributed by atoms with Gasteiger partial charge in [-0.25, -0.2) is 4.98 Å². The predicted octanol–water partition coefficient (Wildman–Crippen LogP) is 5.06. The van der Waals surface area contributed by atoms with E-state index < -0.39 is 0 Å². The first kappa shape index (κ1) is 25.4. The first-order valence-corrected chi connectivity index (χ1v) is 13.6. The van der Waals surface area contributed by atoms with E-state index in [0.717, 1.165) is 44.8 Å². The first-order valence-electron chi connectivity index (χ1n) is 11.8. The standard InChI is InChI=1S/C25H31N3O5S2/c1-4-31-17-7-8-18-23(13-17)35-25(27-18)34-16-24(29)26-19-14-22(33-6-3)20(15-21(19)32-5-2)28-9-11-30-12-10-28/h7-8,13-15H,4-6,9-12,16H2,1-3H3,(H,26,29). The second-order valence-corrected chi connectivity index (χ2v) is 9.91. The predicted molar refractivity (Wildman–Crippen MR) is 142 cm³/mol. The van der Waals surface area contributed by atoms with E-state index in [0.29, 0.717) is 44.5 Å². The number of amides is 1. The summed E-state index contributed by atoms with van der Waals surface area (Å²) in [7, 11) is 0. The van der Waals surface area contributed by atoms with Gasteiger partial charge in [0.25, 0.3) is 0 Å². The van der Waals surface area contributed by atoms with Crippen molar-refractivity contribution in [2.24, 2.45) is 0 Å². The zero-order valence-corrected chi connectivity index (χ0v) is 21.9. The van der Waals surface area contributed by atoms with Crippen LogP contribution in [0.5, 0.6) is 17.2 Å². The molecule has 8 nitrogen and oxygen atoms in total. The summed E-state index contributed by atoms with van der Waals surface area (Å²) in [4.78, 5) is 19.7. The monoisotopic (exact) mass is 517 g/mol. The molecule has 0 saturated carbocycles. The lowest BCUT2D eigenvalue weighted by Gasteiger charge is -2.31. The average molecular weight is 518 g/mol. The van der Waals surface area contributed by atoms with Gasteiger partial charge >= 0.3 is 0 Å². The van der Waals surface area contributed by atoms with Gasteiger partial charge in [0.1, 0.15) is 17.2 Å². The molecule has 35 heavy (non-hydrogen) atoms. The van der Waals surface area contributed by atoms with E-state index in [9.17, 15) is 4.79 Å². The summed E-state index contributed by atoms with van der Waals surface area (Å²) >= 11 is 2.97. The maximum atomic E-state index is 12.9. The van der Waals surface area contributed by atoms with Crippen molar-refractivity contribution in [3.05, 3.63) is 30.3 Å². The van der Waals surface area contributed by atoms with Crippen LogP contribution in [0.1, 0.15) is 20.8 Å². The van der Waals surface area contributed by atoms with Crippen molar-refractivity contribution in [3.63, 3.8) is 0 Å². The Hall–Kier alpha value is -2.69. The quantitative estimate of drug-likeness (QED) is 0.354. The molecule has 188 valence electrons. The Labute approximate surface area is 213 Å². The summed E-state index contributed by atoms with van der Waals surface area (Å²) in [5, 5.41) is 3.00. The number of hydrogen-bond donors (Lipinski definition) is 1. The van der Waals surface area contributed by atoms with E-state index in [1.165, 1.54) is 11.8 Å². The van der Waals surface area contributed by atoms with Gasteiger partial charge in [-0.15, -0.1) is 11.3 Å². The van der Waals surface area contributed by atoms with E-state index in [1.54, 1.807) is 11.3 Å². The minimum atomic E-state index is -0.133. The highest BCUT2D eigenvalue weighted by molar-refractivity contribution is 8.01. The number of morpholine rings is 1. The lowest BCUT2D eigenvalue weighted by atomic mass is 10.2. The highest BCUT2D eigenvalue weighted by atomic mass is 32.2. The van der Waals surface area contributed by atoms with Crippen molar-refractivity contribution in [1.29, 1.82) is 0 Å². The Bertz CT molecular complexity index is 1150. The molecule has 0 bridgehead atoms. The lowest BCUT2D eigenvalue weighted by molar-refractivity contribution is -0.113. The number of rotatable bonds is 11. The number of nitrogens with zero attached hydrogens (tertiary/aromatic N) is 2. The molecule has 1 saturated heterocycles. The highest BCUT2D eigenvalue weighted by Gasteiger charge is 2.20. The van der Waals surface area contributed by atoms with E-state index >= 15 is 0 Å². The molecule has 2 heterocycles. The highest BCUT2D eigenvalue weighted by Crippen LogP contribution is 2.39. The van der Waals surface area contributed by atoms with Gasteiger partial charge in [0.05, 0.1) is 60.4 Å². The van der Waals surface area contributed by atoms with E-state index in [1.807, 2.05) is 51.1 Å². The number of thioether (sulfide) groups is 1. The molecule has 1 aliphatic heterocycles. The lowest BCUT2D eigenvalue weighted by Crippen LogP contribution is -2.36. The molecule has 0 radical (unpaired) electrons. The maximum Gasteiger partial charge on any atom is 0.234 e. The second kappa shape index (κ2) is 12.3. The number of thiazole rings is 1. The fourth-order valence-corrected chi connectivity index (χ4v) is 5.66. The van der Waals surface area contributed by atoms with Crippen LogP contribution in [0.4, 0.5) is 11.4 Å². The van der Waals surface area contributed by atoms with Crippen LogP contribution >= 0.6 is 23.1 Å². The van der Waals surface area contributed by atoms with Gasteiger partial charge in [0.15, 0.2) is 4.34 Å². The van der Waals surface area contributed by atoms with Gasteiger partial charge in [-0.3, -0.25) is 4.79 Å². The Balaban J connectivity index is 1.47. The third-order valence-corrected chi connectivity index (χ3v) is 7.43. The first-order chi connectivity index (χ1) is 17.1. The summed E-state index contributed by atoms with van der Waals surface area (Å²) in [6.45, 7) is 10.4. The number of hydrogen-bond acceptors (Lipinski definition) is 9. The van der Waals surface area contributed by atoms with Crippen LogP contribution in [-0.2, 0) is 9.53 Å². The van der Waals surface area contributed by atoms with Crippen molar-refractivity contribution in [3.8, 4) is 17.2 Å². The van der Waals surface area contributed by atoms with Crippen LogP contribution in [0.2, 0.25) is 0 Å². The molecule has 1 amide bonds. The molecule has 3 aromatic rings. The molecule has 1 aromatic heterocycles. The van der Waals surface area contributed by atoms with Gasteiger partial charge in [-0.1, -0.05) is 11.8 Å². The number of ether oxygens (including phenoxy) is 4. The Morgan fingerprint density at radius 1 is 1.06 bits per heavy atom. The van der Waals surface area contributed by atoms with Gasteiger partial charge in [-0.2, -0.15) is 0 Å². The molecule has 10 heteroatoms. The normalized spacial score (nSPS) is 13.6. The molecule has 1 fully saturated rings. The SMILES string of the molecule is CCOc1ccc2nc(SCC(=O)Nc3cc(OCC)c(N4CCOCC4)cc3OCC)sc2c1. The number of anilines is 2. The van der Waals surface area contributed by atoms with E-state index in [-0.39, 0.29) is 11.7 Å². The van der Waals surface area contributed by atoms with Crippen molar-refractivity contribution in [2.75, 3.05) is 62.1 Å². The molecule has 2 aromatic carbocycles. The van der Waals surface area contributed by atoms with Crippen LogP contribution in [-0.4, -0.2) is 62.8 Å². The van der Waals surface area contributed by atoms with Crippen LogP contribution in [0, 0.1) is 0 Å². The summed E-state index contributed by atoms with van der Waals surface area (Å²) in [5.74, 6) is 2.27. The number of aromatic nitrogens is 1. The summed E-state index contributed by atoms with van der Waals surface area (Å²) in [6.07, 6.45) is 0. The third kappa shape index (κ3) is 6.50. The van der Waals surface area contributed by atoms with Gasteiger partial charge in [0, 0.05) is 25.2 Å². The molecule has 1 aliphatic rings. The van der Waals surface area contributed by atoms with Gasteiger partial charge < -0.3 is 29.2 Å². The Morgan fingerprint density at radius 3 is 2.54 bits per heavy atom. The number of carbonyl (C=O) groups excluding carboxylic acids is 1. The summed E-state index contributed by atoms with van der Waals surface area (Å²) in [6, 6.07) is 9.65. The van der Waals surface area contributed by atoms with Crippen LogP contribution in [0.3, 0.4) is 0 Å². The van der Waals surface area contributed by atoms with E-state index in [2.05, 4.69) is 15.2 Å². The number of carbonyl (C=O) groups is 1. The van der Waals surface area contributed by atoms with Gasteiger partial charge in [-0.05, 0) is 39.0 Å². The molecule has 1 N–H and O–H groups in total. The topological polar surface area (TPSA) is 82.2 Å². The van der Waals surface area contributed by atoms with Crippen molar-refractivity contribution >= 4 is 50.6 Å². The molecule has 4 rings (SSSR count). The fraction of sp³-hybridized carbons (Fsp3) is 0.440. The second-order valence-electron chi connectivity index (χ2n) is 7.66. The smallest absolute Gasteiger partial charge is 0.234 e. The molecule has 0 spiro atoms. The molecular formula is C25H31N3O5S2. The number of fused-ring (bicyclic) bond motifs is 1. The molecule has 0 unspecified atom stereocenters. The number of nitrogens with one attached hydrogen (secondary N) is 1. The summed E-state index contributed by atoms with van der Waals surface area (Å²) < 4.78 is 24.7. The largest absolute Gasteiger partial charge is 0.494 e. The fourth-order valence-electron chi connectivity index (χ4n) is 3.76. The molecular weight excluding hydrogens is 486 g/mol. The van der Waals surface area contributed by atoms with Gasteiger partial charge in [0.2, 0.25) is 5.91 Å². The van der Waals surface area contributed by atoms with Crippen molar-refractivity contribution in [2.45, 2.75) is 25.1 Å². The maximum absolute atomic E-state index is 12.9. The Morgan fingerprint density at radius 2 is 1.80 bits per heavy atom. The van der Waals surface area contributed by atoms with Crippen molar-refractivity contribution in [1.82, 2.24) is 4.98 Å². The minimum Gasteiger partial charge on any atom is -0.494 e. The van der Waals surface area contributed by atoms with Crippen LogP contribution in [0.15, 0.2) is 34.7 Å². The zero-order chi connectivity index (χ0) is 24.6. The molecule has 0 aliphatic carbocycles. The Kier molecular flexibility index (Phi) is 8.95. The molecule has 0 atom stereocenters. The third-order valence-electron chi connectivity index (χ3n) is 5.26. The zero-order valence-electron chi connectivity index (χ0n) is 20.3. The van der Waals surface area contributed by atoms with E-state index in [4.69, 9.17) is 18.9 Å². The van der Waals surface area contributed by atoms with Crippen molar-refractivity contribution < 1.29 is 23.7 Å². The average Bonchev–Trinajstić information content (AvgIpc) is 3.27. The summed E-state index contributed by atoms with van der Waals surface area (Å²) in [5.41, 5.74) is 2.45. The van der Waals surface area contributed by atoms with Crippen LogP contribution in [0.25, 0.3) is 10.2 Å². The van der Waals surface area contributed by atoms with Crippen LogP contribution < -0.4 is 24.4 Å².